The molecule has 0 unspecified atom stereocenters. The molecule has 0 N–H and O–H groups in total. The number of halogens is 1. The third-order valence-electron chi connectivity index (χ3n) is 17.9. The van der Waals surface area contributed by atoms with E-state index in [9.17, 15) is 9.59 Å². The van der Waals surface area contributed by atoms with E-state index in [1.165, 1.54) is 12.8 Å². The predicted molar refractivity (Wildman–Crippen MR) is 274 cm³/mol. The molecule has 0 aromatic carbocycles. The largest absolute Gasteiger partial charge is 0.476 e. The van der Waals surface area contributed by atoms with Gasteiger partial charge in [0.15, 0.2) is 16.6 Å². The van der Waals surface area contributed by atoms with E-state index in [0.29, 0.717) is 41.4 Å². The van der Waals surface area contributed by atoms with Crippen molar-refractivity contribution >= 4 is 54.4 Å². The molecular formula is C51H95B2ClO10Si2. The molecule has 0 radical (unpaired) electrons. The molecule has 2 heterocycles. The highest BCUT2D eigenvalue weighted by Gasteiger charge is 2.69. The Kier molecular flexibility index (Phi) is 16.4. The Morgan fingerprint density at radius 2 is 1.00 bits per heavy atom. The van der Waals surface area contributed by atoms with Crippen LogP contribution in [0.5, 0.6) is 0 Å². The molecule has 10 nitrogen and oxygen atoms in total. The number of esters is 2. The molecule has 0 aromatic heterocycles. The van der Waals surface area contributed by atoms with Gasteiger partial charge < -0.3 is 36.9 Å². The molecule has 66 heavy (non-hydrogen) atoms. The van der Waals surface area contributed by atoms with Crippen LogP contribution in [0.4, 0.5) is 0 Å². The van der Waals surface area contributed by atoms with E-state index in [2.05, 4.69) is 109 Å². The van der Waals surface area contributed by atoms with Crippen molar-refractivity contribution in [1.82, 2.24) is 0 Å². The van der Waals surface area contributed by atoms with Gasteiger partial charge in [-0.1, -0.05) is 69.2 Å². The molecule has 8 aliphatic rings. The fourth-order valence-corrected chi connectivity index (χ4v) is 14.7. The van der Waals surface area contributed by atoms with Gasteiger partial charge in [-0.15, -0.1) is 11.6 Å². The summed E-state index contributed by atoms with van der Waals surface area (Å²) in [5.41, 5.74) is -0.810. The van der Waals surface area contributed by atoms with Crippen molar-refractivity contribution in [3.8, 4) is 0 Å². The Morgan fingerprint density at radius 3 is 1.39 bits per heavy atom. The van der Waals surface area contributed by atoms with Crippen LogP contribution in [0.1, 0.15) is 182 Å². The maximum absolute atomic E-state index is 12.7. The zero-order valence-electron chi connectivity index (χ0n) is 45.9. The molecule has 0 amide bonds. The van der Waals surface area contributed by atoms with Crippen molar-refractivity contribution in [2.45, 2.75) is 277 Å². The molecule has 2 aliphatic heterocycles. The predicted octanol–water partition coefficient (Wildman–Crippen LogP) is 13.0. The van der Waals surface area contributed by atoms with Gasteiger partial charge in [-0.3, -0.25) is 9.59 Å². The third kappa shape index (κ3) is 12.4. The van der Waals surface area contributed by atoms with Gasteiger partial charge in [0.1, 0.15) is 11.2 Å². The van der Waals surface area contributed by atoms with E-state index in [1.807, 2.05) is 41.5 Å². The van der Waals surface area contributed by atoms with Gasteiger partial charge in [0.05, 0.1) is 53.7 Å². The Labute approximate surface area is 410 Å². The summed E-state index contributed by atoms with van der Waals surface area (Å²) in [7, 11) is -4.73. The van der Waals surface area contributed by atoms with Crippen molar-refractivity contribution < 1.29 is 46.5 Å². The highest BCUT2D eigenvalue weighted by Crippen LogP contribution is 2.67. The SMILES string of the molecule is CC(C)(C)OC(=O)C[C@H](CCB1O[C@@H]2C[C@@H]3C[C@@H](C3(C)C)[C@]2(C)O1)O[Si](C)(C)C(C)(C)C.CC(C)(C)OC(=O)C[C@H](CC[C@@H](Cl)B1O[C@@H]2C[C@@H]3C[C@@H](C3(C)C)[C@]2(C)O1)O[Si](C)(C)C(C)(C)C. The smallest absolute Gasteiger partial charge is 0.460 e. The second-order valence-corrected chi connectivity index (χ2v) is 38.1. The molecule has 0 spiro atoms. The van der Waals surface area contributed by atoms with Crippen LogP contribution in [0, 0.1) is 34.5 Å². The number of alkyl halides is 1. The van der Waals surface area contributed by atoms with E-state index >= 15 is 0 Å². The van der Waals surface area contributed by atoms with Crippen LogP contribution in [-0.2, 0) is 46.5 Å². The van der Waals surface area contributed by atoms with Crippen molar-refractivity contribution in [2.75, 3.05) is 0 Å². The average Bonchev–Trinajstić information content (AvgIpc) is 3.66. The van der Waals surface area contributed by atoms with E-state index < -0.39 is 35.0 Å². The maximum atomic E-state index is 12.7. The van der Waals surface area contributed by atoms with Crippen LogP contribution in [0.15, 0.2) is 0 Å². The highest BCUT2D eigenvalue weighted by atomic mass is 35.5. The molecule has 8 rings (SSSR count). The summed E-state index contributed by atoms with van der Waals surface area (Å²) in [6.07, 6.45) is 7.83. The van der Waals surface area contributed by atoms with Crippen LogP contribution in [0.2, 0.25) is 42.6 Å². The standard InChI is InChI=1S/C26H48BClO5Si.C25H47BO5Si/c1-23(2,3)30-22(29)16-18(32-34(10,11)24(4,5)6)12-13-21(28)27-31-20-15-17-14-19(25(17,7)8)26(20,9)33-27;1-22(2,3)28-21(27)16-18(30-32(10,11)23(4,5)6)12-13-26-29-20-15-17-14-19(24(17,7)8)25(20,9)31-26/h17-21H,12-16H2,1-11H3;17-20H,12-16H2,1-11H3/t17-,18-,19-,20+,21+,26-;17-,18-,19-,20+,25-/m00/s1. The zero-order chi connectivity index (χ0) is 50.2. The number of carbonyl (C=O) groups excluding carboxylic acids is 2. The first-order valence-corrected chi connectivity index (χ1v) is 32.0. The first-order chi connectivity index (χ1) is 29.6. The molecule has 11 atom stereocenters. The Morgan fingerprint density at radius 1 is 0.606 bits per heavy atom. The molecule has 0 aromatic rings. The second-order valence-electron chi connectivity index (χ2n) is 28.0. The summed E-state index contributed by atoms with van der Waals surface area (Å²) in [6.45, 7) is 47.6. The Balaban J connectivity index is 0.000000248. The normalized spacial score (nSPS) is 32.7. The van der Waals surface area contributed by atoms with Crippen molar-refractivity contribution in [3.63, 3.8) is 0 Å². The lowest BCUT2D eigenvalue weighted by Crippen LogP contribution is -2.65. The van der Waals surface area contributed by atoms with E-state index in [4.69, 9.17) is 48.5 Å². The Bertz CT molecular complexity index is 1720. The highest BCUT2D eigenvalue weighted by molar-refractivity contribution is 6.74. The van der Waals surface area contributed by atoms with Crippen LogP contribution < -0.4 is 0 Å². The fourth-order valence-electron chi connectivity index (χ4n) is 11.7. The molecule has 15 heteroatoms. The van der Waals surface area contributed by atoms with Crippen molar-refractivity contribution in [1.29, 1.82) is 0 Å². The summed E-state index contributed by atoms with van der Waals surface area (Å²) in [6, 6.07) is 0. The van der Waals surface area contributed by atoms with Crippen LogP contribution >= 0.6 is 11.6 Å². The van der Waals surface area contributed by atoms with Crippen LogP contribution in [-0.4, -0.2) is 94.9 Å². The minimum atomic E-state index is -2.07. The lowest BCUT2D eigenvalue weighted by Gasteiger charge is -2.64. The summed E-state index contributed by atoms with van der Waals surface area (Å²) in [5, 5.41) is -0.157. The molecule has 8 fully saturated rings. The quantitative estimate of drug-likeness (QED) is 0.0894. The van der Waals surface area contributed by atoms with Gasteiger partial charge in [-0.25, -0.2) is 0 Å². The van der Waals surface area contributed by atoms with Gasteiger partial charge in [-0.2, -0.15) is 0 Å². The lowest BCUT2D eigenvalue weighted by atomic mass is 9.43. The van der Waals surface area contributed by atoms with Crippen molar-refractivity contribution in [3.05, 3.63) is 0 Å². The van der Waals surface area contributed by atoms with E-state index in [0.717, 1.165) is 31.5 Å². The molecule has 2 saturated heterocycles. The third-order valence-corrected chi connectivity index (χ3v) is 27.4. The van der Waals surface area contributed by atoms with Crippen molar-refractivity contribution in [2.24, 2.45) is 34.5 Å². The van der Waals surface area contributed by atoms with E-state index in [1.54, 1.807) is 0 Å². The number of ether oxygens (including phenoxy) is 2. The van der Waals surface area contributed by atoms with Crippen LogP contribution in [0.3, 0.4) is 0 Å². The molecule has 6 aliphatic carbocycles. The minimum Gasteiger partial charge on any atom is -0.460 e. The number of rotatable bonds is 15. The fraction of sp³-hybridized carbons (Fsp3) is 0.961. The lowest BCUT2D eigenvalue weighted by molar-refractivity contribution is -0.199. The molecule has 380 valence electrons. The monoisotopic (exact) mass is 981 g/mol. The van der Waals surface area contributed by atoms with Gasteiger partial charge >= 0.3 is 26.2 Å². The van der Waals surface area contributed by atoms with E-state index in [-0.39, 0.29) is 82.9 Å². The van der Waals surface area contributed by atoms with Gasteiger partial charge in [0.25, 0.3) is 0 Å². The van der Waals surface area contributed by atoms with Gasteiger partial charge in [0.2, 0.25) is 0 Å². The first kappa shape index (κ1) is 56.5. The van der Waals surface area contributed by atoms with Gasteiger partial charge in [-0.05, 0) is 177 Å². The first-order valence-electron chi connectivity index (χ1n) is 25.7. The zero-order valence-corrected chi connectivity index (χ0v) is 48.6. The number of hydrogen-bond acceptors (Lipinski definition) is 10. The Hall–Kier alpha value is -0.446. The second kappa shape index (κ2) is 19.2. The molecule has 6 saturated carbocycles. The molecular weight excluding hydrogens is 886 g/mol. The average molecular weight is 982 g/mol. The van der Waals surface area contributed by atoms with Crippen LogP contribution in [0.25, 0.3) is 0 Å². The summed E-state index contributed by atoms with van der Waals surface area (Å²) in [4.78, 5) is 25.3. The van der Waals surface area contributed by atoms with Gasteiger partial charge in [0, 0.05) is 0 Å². The number of carbonyl (C=O) groups is 2. The maximum Gasteiger partial charge on any atom is 0.476 e. The minimum absolute atomic E-state index is 0.0507. The summed E-state index contributed by atoms with van der Waals surface area (Å²) >= 11 is 6.88. The topological polar surface area (TPSA) is 108 Å². The number of hydrogen-bond donors (Lipinski definition) is 0. The summed E-state index contributed by atoms with van der Waals surface area (Å²) in [5.74, 6) is 2.11. The summed E-state index contributed by atoms with van der Waals surface area (Å²) < 4.78 is 50.5. The molecule has 4 bridgehead atoms.